The standard InChI is InChI=1S/C27H41F5N8O2/c1-33-22(17-3-5-26(28,29)6-4-17)21-16-40-25(35-21)36-23(39-9-7-38(8-10-39)11-12-42-2)20(37-40)14-18-13-19(27(30,31)32)15-34-24(18)41/h16-20,22,33,37H,3-15H2,1-2H3,(H,34,41)/t18-,19?,20?,22?/m1/s1. The number of nitrogens with zero attached hydrogens (tertiary/aromatic N) is 5. The number of halogens is 5. The highest BCUT2D eigenvalue weighted by molar-refractivity contribution is 5.92. The van der Waals surface area contributed by atoms with Crippen LogP contribution in [0.2, 0.25) is 0 Å². The van der Waals surface area contributed by atoms with Crippen molar-refractivity contribution in [1.82, 2.24) is 30.1 Å². The number of aliphatic imine (C=N–C) groups is 1. The molecule has 1 aliphatic carbocycles. The lowest BCUT2D eigenvalue weighted by Crippen LogP contribution is -2.56. The Balaban J connectivity index is 1.37. The van der Waals surface area contributed by atoms with Crippen LogP contribution < -0.4 is 16.1 Å². The lowest BCUT2D eigenvalue weighted by atomic mass is 9.81. The fourth-order valence-corrected chi connectivity index (χ4v) is 6.65. The van der Waals surface area contributed by atoms with Crippen LogP contribution in [-0.2, 0) is 9.53 Å². The van der Waals surface area contributed by atoms with E-state index in [2.05, 4.69) is 25.9 Å². The SMILES string of the molecule is CNC(c1cn2c(n1)N=C(N1CCN(CCOC)CC1)C(C[C@H]1CC(C(F)(F)F)CNC1=O)N2)C1CCC(F)(F)CC1. The summed E-state index contributed by atoms with van der Waals surface area (Å²) < 4.78 is 75.1. The number of ether oxygens (including phenoxy) is 1. The number of hydrogen-bond donors (Lipinski definition) is 3. The number of amidine groups is 1. The number of fused-ring (bicyclic) bond motifs is 1. The molecule has 4 atom stereocenters. The lowest BCUT2D eigenvalue weighted by molar-refractivity contribution is -0.183. The van der Waals surface area contributed by atoms with Crippen molar-refractivity contribution in [3.05, 3.63) is 11.9 Å². The van der Waals surface area contributed by atoms with Crippen LogP contribution in [0.3, 0.4) is 0 Å². The van der Waals surface area contributed by atoms with Crippen molar-refractivity contribution in [1.29, 1.82) is 0 Å². The van der Waals surface area contributed by atoms with Crippen LogP contribution in [0.1, 0.15) is 50.3 Å². The molecule has 15 heteroatoms. The minimum absolute atomic E-state index is 0.0174. The van der Waals surface area contributed by atoms with Crippen molar-refractivity contribution in [2.24, 2.45) is 22.7 Å². The molecule has 10 nitrogen and oxygen atoms in total. The van der Waals surface area contributed by atoms with E-state index >= 15 is 0 Å². The maximum absolute atomic E-state index is 13.8. The average molecular weight is 605 g/mol. The van der Waals surface area contributed by atoms with Crippen LogP contribution in [0, 0.1) is 17.8 Å². The Labute approximate surface area is 242 Å². The van der Waals surface area contributed by atoms with Gasteiger partial charge in [0.1, 0.15) is 11.9 Å². The maximum Gasteiger partial charge on any atom is 0.393 e. The zero-order chi connectivity index (χ0) is 30.1. The van der Waals surface area contributed by atoms with Gasteiger partial charge in [0.05, 0.1) is 30.5 Å². The van der Waals surface area contributed by atoms with E-state index in [0.29, 0.717) is 50.0 Å². The molecule has 3 fully saturated rings. The molecule has 1 aromatic rings. The van der Waals surface area contributed by atoms with Crippen LogP contribution in [0.5, 0.6) is 0 Å². The molecular weight excluding hydrogens is 563 g/mol. The Morgan fingerprint density at radius 3 is 2.55 bits per heavy atom. The maximum atomic E-state index is 13.8. The number of piperidine rings is 1. The van der Waals surface area contributed by atoms with E-state index in [1.54, 1.807) is 25.0 Å². The van der Waals surface area contributed by atoms with Gasteiger partial charge in [-0.05, 0) is 38.6 Å². The number of aromatic nitrogens is 2. The van der Waals surface area contributed by atoms with Crippen molar-refractivity contribution in [2.45, 2.75) is 62.7 Å². The first-order chi connectivity index (χ1) is 20.0. The largest absolute Gasteiger partial charge is 0.393 e. The number of carbonyl (C=O) groups is 1. The van der Waals surface area contributed by atoms with E-state index in [1.165, 1.54) is 0 Å². The van der Waals surface area contributed by atoms with E-state index < -0.39 is 36.5 Å². The Morgan fingerprint density at radius 1 is 1.19 bits per heavy atom. The molecule has 0 spiro atoms. The van der Waals surface area contributed by atoms with Gasteiger partial charge in [-0.3, -0.25) is 9.69 Å². The Bertz CT molecular complexity index is 1110. The summed E-state index contributed by atoms with van der Waals surface area (Å²) in [6, 6.07) is -0.770. The van der Waals surface area contributed by atoms with Crippen molar-refractivity contribution in [3.8, 4) is 0 Å². The fourth-order valence-electron chi connectivity index (χ4n) is 6.65. The summed E-state index contributed by atoms with van der Waals surface area (Å²) in [5.41, 5.74) is 4.03. The van der Waals surface area contributed by atoms with Crippen LogP contribution >= 0.6 is 0 Å². The molecule has 0 radical (unpaired) electrons. The van der Waals surface area contributed by atoms with Gasteiger partial charge in [0.15, 0.2) is 0 Å². The number of methoxy groups -OCH3 is 1. The summed E-state index contributed by atoms with van der Waals surface area (Å²) in [5, 5.41) is 5.69. The van der Waals surface area contributed by atoms with Crippen molar-refractivity contribution in [2.75, 3.05) is 65.5 Å². The molecule has 4 aliphatic rings. The summed E-state index contributed by atoms with van der Waals surface area (Å²) >= 11 is 0. The molecule has 1 amide bonds. The Hall–Kier alpha value is -2.52. The van der Waals surface area contributed by atoms with E-state index in [1.807, 2.05) is 0 Å². The number of alkyl halides is 5. The summed E-state index contributed by atoms with van der Waals surface area (Å²) in [6.45, 7) is 3.86. The molecule has 236 valence electrons. The third kappa shape index (κ3) is 6.99. The van der Waals surface area contributed by atoms with Gasteiger partial charge in [-0.15, -0.1) is 0 Å². The number of hydrogen-bond acceptors (Lipinski definition) is 8. The minimum atomic E-state index is -4.39. The number of carbonyl (C=O) groups excluding carboxylic acids is 1. The van der Waals surface area contributed by atoms with Gasteiger partial charge < -0.3 is 25.7 Å². The lowest BCUT2D eigenvalue weighted by Gasteiger charge is -2.41. The second kappa shape index (κ2) is 12.6. The summed E-state index contributed by atoms with van der Waals surface area (Å²) in [6.07, 6.45) is -2.33. The molecular formula is C27H41F5N8O2. The van der Waals surface area contributed by atoms with Gasteiger partial charge in [-0.2, -0.15) is 18.2 Å². The summed E-state index contributed by atoms with van der Waals surface area (Å²) in [4.78, 5) is 26.7. The van der Waals surface area contributed by atoms with E-state index in [0.717, 1.165) is 19.6 Å². The van der Waals surface area contributed by atoms with Gasteiger partial charge in [0.25, 0.3) is 5.95 Å². The summed E-state index contributed by atoms with van der Waals surface area (Å²) in [5.74, 6) is -4.44. The molecule has 0 bridgehead atoms. The monoisotopic (exact) mass is 604 g/mol. The highest BCUT2D eigenvalue weighted by Crippen LogP contribution is 2.42. The van der Waals surface area contributed by atoms with E-state index in [4.69, 9.17) is 14.7 Å². The third-order valence-corrected chi connectivity index (χ3v) is 9.14. The molecule has 5 rings (SSSR count). The molecule has 3 N–H and O–H groups in total. The highest BCUT2D eigenvalue weighted by Gasteiger charge is 2.46. The molecule has 4 heterocycles. The first kappa shape index (κ1) is 30.9. The molecule has 1 aromatic heterocycles. The quantitative estimate of drug-likeness (QED) is 0.393. The number of amides is 1. The number of imidazole rings is 1. The second-order valence-corrected chi connectivity index (χ2v) is 11.9. The first-order valence-corrected chi connectivity index (χ1v) is 14.8. The number of nitrogens with one attached hydrogen (secondary N) is 3. The summed E-state index contributed by atoms with van der Waals surface area (Å²) in [7, 11) is 3.44. The minimum Gasteiger partial charge on any atom is -0.383 e. The Kier molecular flexibility index (Phi) is 9.28. The number of piperazine rings is 1. The van der Waals surface area contributed by atoms with Gasteiger partial charge in [-0.1, -0.05) is 0 Å². The topological polar surface area (TPSA) is 99.1 Å². The smallest absolute Gasteiger partial charge is 0.383 e. The van der Waals surface area contributed by atoms with E-state index in [-0.39, 0.29) is 43.6 Å². The van der Waals surface area contributed by atoms with Crippen LogP contribution in [0.25, 0.3) is 0 Å². The molecule has 3 unspecified atom stereocenters. The van der Waals surface area contributed by atoms with Gasteiger partial charge in [0.2, 0.25) is 11.8 Å². The second-order valence-electron chi connectivity index (χ2n) is 11.9. The zero-order valence-electron chi connectivity index (χ0n) is 24.1. The van der Waals surface area contributed by atoms with E-state index in [9.17, 15) is 26.7 Å². The van der Waals surface area contributed by atoms with Crippen LogP contribution in [0.4, 0.5) is 27.9 Å². The highest BCUT2D eigenvalue weighted by atomic mass is 19.4. The molecule has 3 aliphatic heterocycles. The van der Waals surface area contributed by atoms with Gasteiger partial charge in [0, 0.05) is 65.1 Å². The Morgan fingerprint density at radius 2 is 1.90 bits per heavy atom. The van der Waals surface area contributed by atoms with Gasteiger partial charge in [-0.25, -0.2) is 18.4 Å². The normalized spacial score (nSPS) is 28.1. The predicted molar refractivity (Wildman–Crippen MR) is 146 cm³/mol. The zero-order valence-corrected chi connectivity index (χ0v) is 24.1. The van der Waals surface area contributed by atoms with Crippen molar-refractivity contribution in [3.63, 3.8) is 0 Å². The predicted octanol–water partition coefficient (Wildman–Crippen LogP) is 2.89. The fraction of sp³-hybridized carbons (Fsp3) is 0.815. The molecule has 1 saturated carbocycles. The van der Waals surface area contributed by atoms with Crippen LogP contribution in [-0.4, -0.2) is 109 Å². The van der Waals surface area contributed by atoms with Crippen molar-refractivity contribution >= 4 is 17.7 Å². The molecule has 0 aromatic carbocycles. The first-order valence-electron chi connectivity index (χ1n) is 14.8. The average Bonchev–Trinajstić information content (AvgIpc) is 3.36. The van der Waals surface area contributed by atoms with Gasteiger partial charge >= 0.3 is 6.18 Å². The molecule has 42 heavy (non-hydrogen) atoms. The van der Waals surface area contributed by atoms with Crippen LogP contribution in [0.15, 0.2) is 11.2 Å². The van der Waals surface area contributed by atoms with Crippen molar-refractivity contribution < 1.29 is 31.5 Å². The third-order valence-electron chi connectivity index (χ3n) is 9.14. The molecule has 2 saturated heterocycles. The number of rotatable bonds is 8.